The summed E-state index contributed by atoms with van der Waals surface area (Å²) in [4.78, 5) is 7.03. The molecule has 2 aromatic heterocycles. The molecule has 3 nitrogen and oxygen atoms in total. The van der Waals surface area contributed by atoms with E-state index in [0.29, 0.717) is 0 Å². The van der Waals surface area contributed by atoms with Gasteiger partial charge in [-0.05, 0) is 31.4 Å². The molecule has 3 heterocycles. The highest BCUT2D eigenvalue weighted by Gasteiger charge is 2.31. The molecule has 1 aliphatic heterocycles. The molecule has 0 aromatic carbocycles. The molecule has 0 unspecified atom stereocenters. The van der Waals surface area contributed by atoms with Crippen LogP contribution in [0.25, 0.3) is 10.1 Å². The van der Waals surface area contributed by atoms with Crippen molar-refractivity contribution in [1.82, 2.24) is 10.3 Å². The molecule has 0 radical (unpaired) electrons. The molecular weight excluding hydrogens is 230 g/mol. The predicted octanol–water partition coefficient (Wildman–Crippen LogP) is 2.48. The van der Waals surface area contributed by atoms with E-state index in [-0.39, 0.29) is 5.54 Å². The molecule has 1 saturated heterocycles. The monoisotopic (exact) mass is 247 g/mol. The summed E-state index contributed by atoms with van der Waals surface area (Å²) in [5.41, 5.74) is 0.126. The highest BCUT2D eigenvalue weighted by molar-refractivity contribution is 7.17. The summed E-state index contributed by atoms with van der Waals surface area (Å²) < 4.78 is 1.32. The number of piperazine rings is 1. The smallest absolute Gasteiger partial charge is 0.137 e. The molecule has 90 valence electrons. The Kier molecular flexibility index (Phi) is 2.56. The van der Waals surface area contributed by atoms with Crippen LogP contribution in [0.3, 0.4) is 0 Å². The summed E-state index contributed by atoms with van der Waals surface area (Å²) in [6, 6.07) is 4.28. The lowest BCUT2D eigenvalue weighted by molar-refractivity contribution is 0.379. The summed E-state index contributed by atoms with van der Waals surface area (Å²) in [5.74, 6) is 1.13. The van der Waals surface area contributed by atoms with E-state index in [1.807, 2.05) is 6.20 Å². The van der Waals surface area contributed by atoms with Gasteiger partial charge in [-0.3, -0.25) is 0 Å². The van der Waals surface area contributed by atoms with Crippen LogP contribution in [0.2, 0.25) is 0 Å². The Labute approximate surface area is 105 Å². The molecule has 4 heteroatoms. The van der Waals surface area contributed by atoms with Crippen molar-refractivity contribution in [2.45, 2.75) is 19.4 Å². The number of hydrogen-bond acceptors (Lipinski definition) is 4. The molecule has 1 fully saturated rings. The van der Waals surface area contributed by atoms with Crippen LogP contribution in [0.4, 0.5) is 5.82 Å². The van der Waals surface area contributed by atoms with Crippen LogP contribution in [0.15, 0.2) is 23.7 Å². The Morgan fingerprint density at radius 2 is 2.29 bits per heavy atom. The number of anilines is 1. The maximum atomic E-state index is 4.60. The summed E-state index contributed by atoms with van der Waals surface area (Å²) in [6.45, 7) is 7.61. The SMILES string of the molecule is CC1(C)CNCCN1c1nccc2sccc12. The number of thiophene rings is 1. The Morgan fingerprint density at radius 1 is 1.41 bits per heavy atom. The fourth-order valence-electron chi connectivity index (χ4n) is 2.47. The Balaban J connectivity index is 2.11. The Bertz CT molecular complexity index is 532. The van der Waals surface area contributed by atoms with Gasteiger partial charge in [0.05, 0.1) is 0 Å². The maximum absolute atomic E-state index is 4.60. The minimum atomic E-state index is 0.126. The van der Waals surface area contributed by atoms with Crippen molar-refractivity contribution in [3.8, 4) is 0 Å². The molecule has 0 spiro atoms. The molecule has 3 rings (SSSR count). The minimum Gasteiger partial charge on any atom is -0.348 e. The summed E-state index contributed by atoms with van der Waals surface area (Å²) >= 11 is 1.78. The molecule has 17 heavy (non-hydrogen) atoms. The second-order valence-electron chi connectivity index (χ2n) is 5.11. The third-order valence-corrected chi connectivity index (χ3v) is 4.30. The van der Waals surface area contributed by atoms with Crippen molar-refractivity contribution >= 4 is 27.2 Å². The molecule has 1 aliphatic rings. The number of nitrogens with zero attached hydrogens (tertiary/aromatic N) is 2. The van der Waals surface area contributed by atoms with Crippen LogP contribution in [-0.4, -0.2) is 30.2 Å². The van der Waals surface area contributed by atoms with Crippen molar-refractivity contribution in [1.29, 1.82) is 0 Å². The second kappa shape index (κ2) is 3.96. The number of aromatic nitrogens is 1. The number of nitrogens with one attached hydrogen (secondary N) is 1. The number of rotatable bonds is 1. The fraction of sp³-hybridized carbons (Fsp3) is 0.462. The lowest BCUT2D eigenvalue weighted by atomic mass is 10.00. The van der Waals surface area contributed by atoms with Crippen LogP contribution in [0.5, 0.6) is 0 Å². The van der Waals surface area contributed by atoms with Crippen LogP contribution in [-0.2, 0) is 0 Å². The van der Waals surface area contributed by atoms with E-state index in [1.165, 1.54) is 10.1 Å². The van der Waals surface area contributed by atoms with E-state index in [1.54, 1.807) is 11.3 Å². The molecule has 0 aliphatic carbocycles. The van der Waals surface area contributed by atoms with E-state index in [9.17, 15) is 0 Å². The molecule has 0 atom stereocenters. The van der Waals surface area contributed by atoms with Crippen molar-refractivity contribution in [3.63, 3.8) is 0 Å². The van der Waals surface area contributed by atoms with Gasteiger partial charge in [0.1, 0.15) is 5.82 Å². The summed E-state index contributed by atoms with van der Waals surface area (Å²) in [5, 5.41) is 6.88. The summed E-state index contributed by atoms with van der Waals surface area (Å²) in [7, 11) is 0. The molecular formula is C13H17N3S. The Morgan fingerprint density at radius 3 is 3.12 bits per heavy atom. The van der Waals surface area contributed by atoms with Gasteiger partial charge in [0.15, 0.2) is 0 Å². The van der Waals surface area contributed by atoms with E-state index in [2.05, 4.69) is 46.6 Å². The second-order valence-corrected chi connectivity index (χ2v) is 6.06. The third-order valence-electron chi connectivity index (χ3n) is 3.41. The first kappa shape index (κ1) is 11.0. The van der Waals surface area contributed by atoms with Gasteiger partial charge in [-0.1, -0.05) is 0 Å². The van der Waals surface area contributed by atoms with E-state index in [0.717, 1.165) is 25.5 Å². The zero-order chi connectivity index (χ0) is 11.9. The highest BCUT2D eigenvalue weighted by Crippen LogP contribution is 2.32. The standard InChI is InChI=1S/C13H17N3S/c1-13(2)9-14-6-7-16(13)12-10-4-8-17-11(10)3-5-15-12/h3-5,8,14H,6-7,9H2,1-2H3. The molecule has 0 bridgehead atoms. The zero-order valence-electron chi connectivity index (χ0n) is 10.2. The van der Waals surface area contributed by atoms with Gasteiger partial charge in [0, 0.05) is 41.5 Å². The van der Waals surface area contributed by atoms with Gasteiger partial charge in [-0.25, -0.2) is 4.98 Å². The highest BCUT2D eigenvalue weighted by atomic mass is 32.1. The quantitative estimate of drug-likeness (QED) is 0.839. The number of fused-ring (bicyclic) bond motifs is 1. The van der Waals surface area contributed by atoms with Gasteiger partial charge in [0.2, 0.25) is 0 Å². The lowest BCUT2D eigenvalue weighted by Gasteiger charge is -2.43. The predicted molar refractivity (Wildman–Crippen MR) is 73.9 cm³/mol. The fourth-order valence-corrected chi connectivity index (χ4v) is 3.25. The van der Waals surface area contributed by atoms with Gasteiger partial charge in [0.25, 0.3) is 0 Å². The molecule has 0 saturated carbocycles. The van der Waals surface area contributed by atoms with Gasteiger partial charge < -0.3 is 10.2 Å². The van der Waals surface area contributed by atoms with E-state index < -0.39 is 0 Å². The average Bonchev–Trinajstić information content (AvgIpc) is 2.76. The zero-order valence-corrected chi connectivity index (χ0v) is 11.0. The van der Waals surface area contributed by atoms with E-state index >= 15 is 0 Å². The normalized spacial score (nSPS) is 19.8. The molecule has 2 aromatic rings. The van der Waals surface area contributed by atoms with Crippen molar-refractivity contribution < 1.29 is 0 Å². The first-order chi connectivity index (χ1) is 8.18. The van der Waals surface area contributed by atoms with Crippen LogP contribution in [0, 0.1) is 0 Å². The maximum Gasteiger partial charge on any atom is 0.137 e. The molecule has 1 N–H and O–H groups in total. The van der Waals surface area contributed by atoms with Crippen molar-refractivity contribution in [2.24, 2.45) is 0 Å². The third kappa shape index (κ3) is 1.81. The van der Waals surface area contributed by atoms with Gasteiger partial charge in [-0.15, -0.1) is 11.3 Å². The van der Waals surface area contributed by atoms with Gasteiger partial charge >= 0.3 is 0 Å². The number of hydrogen-bond donors (Lipinski definition) is 1. The summed E-state index contributed by atoms with van der Waals surface area (Å²) in [6.07, 6.45) is 1.92. The average molecular weight is 247 g/mol. The van der Waals surface area contributed by atoms with Crippen molar-refractivity contribution in [2.75, 3.05) is 24.5 Å². The lowest BCUT2D eigenvalue weighted by Crippen LogP contribution is -2.58. The first-order valence-corrected chi connectivity index (χ1v) is 6.87. The first-order valence-electron chi connectivity index (χ1n) is 5.99. The van der Waals surface area contributed by atoms with Crippen LogP contribution < -0.4 is 10.2 Å². The minimum absolute atomic E-state index is 0.126. The van der Waals surface area contributed by atoms with Crippen LogP contribution >= 0.6 is 11.3 Å². The van der Waals surface area contributed by atoms with Crippen molar-refractivity contribution in [3.05, 3.63) is 23.7 Å². The Hall–Kier alpha value is -1.13. The topological polar surface area (TPSA) is 28.2 Å². The largest absolute Gasteiger partial charge is 0.348 e. The van der Waals surface area contributed by atoms with Gasteiger partial charge in [-0.2, -0.15) is 0 Å². The van der Waals surface area contributed by atoms with Crippen LogP contribution in [0.1, 0.15) is 13.8 Å². The molecule has 0 amide bonds. The number of pyridine rings is 1. The van der Waals surface area contributed by atoms with E-state index in [4.69, 9.17) is 0 Å².